The number of hydrogen-bond donors (Lipinski definition) is 1. The third-order valence-corrected chi connectivity index (χ3v) is 2.80. The number of aliphatic hydroxyl groups excluding tert-OH is 1. The zero-order chi connectivity index (χ0) is 9.42. The molecule has 0 saturated carbocycles. The third kappa shape index (κ3) is 1.58. The van der Waals surface area contributed by atoms with E-state index >= 15 is 0 Å². The predicted octanol–water partition coefficient (Wildman–Crippen LogP) is 2.57. The van der Waals surface area contributed by atoms with E-state index in [1.54, 1.807) is 0 Å². The van der Waals surface area contributed by atoms with Gasteiger partial charge in [-0.05, 0) is 40.5 Å². The zero-order valence-electron chi connectivity index (χ0n) is 7.38. The third-order valence-electron chi connectivity index (χ3n) is 2.21. The van der Waals surface area contributed by atoms with E-state index in [-0.39, 0.29) is 6.10 Å². The Morgan fingerprint density at radius 2 is 2.31 bits per heavy atom. The van der Waals surface area contributed by atoms with E-state index in [9.17, 15) is 5.11 Å². The molecule has 1 atom stereocenters. The van der Waals surface area contributed by atoms with Crippen molar-refractivity contribution in [1.29, 1.82) is 0 Å². The van der Waals surface area contributed by atoms with E-state index < -0.39 is 0 Å². The summed E-state index contributed by atoms with van der Waals surface area (Å²) in [5.74, 6) is 0.796. The number of fused-ring (bicyclic) bond motifs is 1. The second-order valence-corrected chi connectivity index (χ2v) is 4.17. The summed E-state index contributed by atoms with van der Waals surface area (Å²) in [5, 5.41) is 9.71. The SMILES string of the molecule is Cc1cc(Br)c2c(c1)[C@@H](O)CCO2. The molecule has 1 aromatic rings. The summed E-state index contributed by atoms with van der Waals surface area (Å²) >= 11 is 3.42. The van der Waals surface area contributed by atoms with Crippen LogP contribution in [0.3, 0.4) is 0 Å². The van der Waals surface area contributed by atoms with Crippen LogP contribution in [0, 0.1) is 6.92 Å². The van der Waals surface area contributed by atoms with Gasteiger partial charge >= 0.3 is 0 Å². The van der Waals surface area contributed by atoms with Gasteiger partial charge in [-0.2, -0.15) is 0 Å². The van der Waals surface area contributed by atoms with Gasteiger partial charge in [0.05, 0.1) is 17.2 Å². The number of benzene rings is 1. The molecule has 1 heterocycles. The number of aryl methyl sites for hydroxylation is 1. The fourth-order valence-corrected chi connectivity index (χ4v) is 2.29. The van der Waals surface area contributed by atoms with E-state index in [1.165, 1.54) is 0 Å². The Morgan fingerprint density at radius 1 is 1.54 bits per heavy atom. The first kappa shape index (κ1) is 9.03. The second-order valence-electron chi connectivity index (χ2n) is 3.32. The standard InChI is InChI=1S/C10H11BrO2/c1-6-4-7-9(12)2-3-13-10(7)8(11)5-6/h4-5,9,12H,2-3H2,1H3/t9-/m0/s1. The summed E-state index contributed by atoms with van der Waals surface area (Å²) < 4.78 is 6.40. The minimum Gasteiger partial charge on any atom is -0.492 e. The Labute approximate surface area is 85.7 Å². The van der Waals surface area contributed by atoms with Crippen molar-refractivity contribution < 1.29 is 9.84 Å². The van der Waals surface area contributed by atoms with Crippen LogP contribution in [0.15, 0.2) is 16.6 Å². The zero-order valence-corrected chi connectivity index (χ0v) is 8.97. The van der Waals surface area contributed by atoms with Crippen LogP contribution in [0.5, 0.6) is 5.75 Å². The largest absolute Gasteiger partial charge is 0.492 e. The summed E-state index contributed by atoms with van der Waals surface area (Å²) in [6, 6.07) is 3.97. The highest BCUT2D eigenvalue weighted by Crippen LogP contribution is 2.38. The van der Waals surface area contributed by atoms with Gasteiger partial charge in [0.25, 0.3) is 0 Å². The lowest BCUT2D eigenvalue weighted by atomic mass is 10.0. The Morgan fingerprint density at radius 3 is 3.08 bits per heavy atom. The van der Waals surface area contributed by atoms with E-state index in [1.807, 2.05) is 19.1 Å². The maximum Gasteiger partial charge on any atom is 0.139 e. The van der Waals surface area contributed by atoms with Crippen molar-refractivity contribution in [3.63, 3.8) is 0 Å². The van der Waals surface area contributed by atoms with Gasteiger partial charge in [0.1, 0.15) is 5.75 Å². The highest BCUT2D eigenvalue weighted by molar-refractivity contribution is 9.10. The van der Waals surface area contributed by atoms with Crippen molar-refractivity contribution in [3.05, 3.63) is 27.7 Å². The van der Waals surface area contributed by atoms with Gasteiger partial charge in [0.2, 0.25) is 0 Å². The molecule has 1 N–H and O–H groups in total. The molecule has 70 valence electrons. The molecule has 0 spiro atoms. The minimum atomic E-state index is -0.375. The van der Waals surface area contributed by atoms with E-state index in [4.69, 9.17) is 4.74 Å². The molecule has 1 aromatic carbocycles. The summed E-state index contributed by atoms with van der Waals surface area (Å²) in [4.78, 5) is 0. The van der Waals surface area contributed by atoms with Crippen LogP contribution in [-0.4, -0.2) is 11.7 Å². The van der Waals surface area contributed by atoms with E-state index in [0.717, 1.165) is 21.3 Å². The van der Waals surface area contributed by atoms with Crippen LogP contribution < -0.4 is 4.74 Å². The molecular formula is C10H11BrO2. The van der Waals surface area contributed by atoms with Crippen LogP contribution in [-0.2, 0) is 0 Å². The lowest BCUT2D eigenvalue weighted by Gasteiger charge is -2.23. The van der Waals surface area contributed by atoms with E-state index in [0.29, 0.717) is 13.0 Å². The number of hydrogen-bond acceptors (Lipinski definition) is 2. The predicted molar refractivity (Wildman–Crippen MR) is 54.0 cm³/mol. The molecule has 2 rings (SSSR count). The molecule has 3 heteroatoms. The van der Waals surface area contributed by atoms with Crippen molar-refractivity contribution >= 4 is 15.9 Å². The fourth-order valence-electron chi connectivity index (χ4n) is 1.58. The van der Waals surface area contributed by atoms with Gasteiger partial charge in [-0.15, -0.1) is 0 Å². The van der Waals surface area contributed by atoms with Gasteiger partial charge in [-0.3, -0.25) is 0 Å². The highest BCUT2D eigenvalue weighted by Gasteiger charge is 2.21. The van der Waals surface area contributed by atoms with Gasteiger partial charge in [0.15, 0.2) is 0 Å². The number of rotatable bonds is 0. The minimum absolute atomic E-state index is 0.375. The Kier molecular flexibility index (Phi) is 2.30. The first-order chi connectivity index (χ1) is 6.18. The fraction of sp³-hybridized carbons (Fsp3) is 0.400. The molecule has 1 aliphatic rings. The van der Waals surface area contributed by atoms with Crippen LogP contribution in [0.1, 0.15) is 23.7 Å². The maximum atomic E-state index is 9.71. The summed E-state index contributed by atoms with van der Waals surface area (Å²) in [6.45, 7) is 2.60. The smallest absolute Gasteiger partial charge is 0.139 e. The topological polar surface area (TPSA) is 29.5 Å². The summed E-state index contributed by atoms with van der Waals surface area (Å²) in [5.41, 5.74) is 2.04. The molecule has 0 unspecified atom stereocenters. The van der Waals surface area contributed by atoms with Crippen LogP contribution >= 0.6 is 15.9 Å². The molecule has 0 aromatic heterocycles. The van der Waals surface area contributed by atoms with Crippen molar-refractivity contribution in [1.82, 2.24) is 0 Å². The van der Waals surface area contributed by atoms with Crippen molar-refractivity contribution in [2.75, 3.05) is 6.61 Å². The average molecular weight is 243 g/mol. The first-order valence-corrected chi connectivity index (χ1v) is 5.08. The number of halogens is 1. The second kappa shape index (κ2) is 3.31. The molecule has 0 bridgehead atoms. The molecule has 2 nitrogen and oxygen atoms in total. The van der Waals surface area contributed by atoms with Crippen LogP contribution in [0.25, 0.3) is 0 Å². The van der Waals surface area contributed by atoms with Gasteiger partial charge < -0.3 is 9.84 Å². The normalized spacial score (nSPS) is 20.7. The quantitative estimate of drug-likeness (QED) is 0.758. The summed E-state index contributed by atoms with van der Waals surface area (Å²) in [7, 11) is 0. The van der Waals surface area contributed by atoms with Gasteiger partial charge in [0, 0.05) is 12.0 Å². The Hall–Kier alpha value is -0.540. The summed E-state index contributed by atoms with van der Waals surface area (Å²) in [6.07, 6.45) is 0.308. The molecule has 0 saturated heterocycles. The highest BCUT2D eigenvalue weighted by atomic mass is 79.9. The molecule has 13 heavy (non-hydrogen) atoms. The Balaban J connectivity index is 2.56. The monoisotopic (exact) mass is 242 g/mol. The van der Waals surface area contributed by atoms with Crippen LogP contribution in [0.2, 0.25) is 0 Å². The van der Waals surface area contributed by atoms with Crippen molar-refractivity contribution in [3.8, 4) is 5.75 Å². The first-order valence-electron chi connectivity index (χ1n) is 4.29. The number of aliphatic hydroxyl groups is 1. The van der Waals surface area contributed by atoms with E-state index in [2.05, 4.69) is 15.9 Å². The molecular weight excluding hydrogens is 232 g/mol. The molecule has 0 fully saturated rings. The van der Waals surface area contributed by atoms with Crippen molar-refractivity contribution in [2.45, 2.75) is 19.4 Å². The lowest BCUT2D eigenvalue weighted by molar-refractivity contribution is 0.114. The average Bonchev–Trinajstić information content (AvgIpc) is 2.07. The molecule has 0 aliphatic carbocycles. The maximum absolute atomic E-state index is 9.71. The molecule has 0 radical (unpaired) electrons. The number of ether oxygens (including phenoxy) is 1. The Bertz CT molecular complexity index is 336. The van der Waals surface area contributed by atoms with Crippen LogP contribution in [0.4, 0.5) is 0 Å². The van der Waals surface area contributed by atoms with Gasteiger partial charge in [-0.25, -0.2) is 0 Å². The molecule has 0 amide bonds. The van der Waals surface area contributed by atoms with Crippen molar-refractivity contribution in [2.24, 2.45) is 0 Å². The molecule has 1 aliphatic heterocycles. The lowest BCUT2D eigenvalue weighted by Crippen LogP contribution is -2.14. The van der Waals surface area contributed by atoms with Gasteiger partial charge in [-0.1, -0.05) is 0 Å².